The van der Waals surface area contributed by atoms with Gasteiger partial charge in [-0.1, -0.05) is 0 Å². The molecule has 0 saturated heterocycles. The van der Waals surface area contributed by atoms with E-state index in [0.29, 0.717) is 3.57 Å². The van der Waals surface area contributed by atoms with Gasteiger partial charge in [0.2, 0.25) is 5.88 Å². The summed E-state index contributed by atoms with van der Waals surface area (Å²) in [5.41, 5.74) is -0.278. The van der Waals surface area contributed by atoms with Gasteiger partial charge in [0.25, 0.3) is 0 Å². The largest absolute Gasteiger partial charge is 0.574 e. The molecule has 80 valence electrons. The molecule has 0 N–H and O–H groups in total. The smallest absolute Gasteiger partial charge is 0.386 e. The highest BCUT2D eigenvalue weighted by atomic mass is 127. The highest BCUT2D eigenvalue weighted by Crippen LogP contribution is 2.31. The van der Waals surface area contributed by atoms with Crippen molar-refractivity contribution in [2.75, 3.05) is 0 Å². The van der Waals surface area contributed by atoms with Gasteiger partial charge in [0.15, 0.2) is 0 Å². The molecule has 1 rings (SSSR count). The number of halogens is 5. The average Bonchev–Trinajstić information content (AvgIpc) is 2.10. The second-order valence-corrected chi connectivity index (χ2v) is 4.22. The highest BCUT2D eigenvalue weighted by Gasteiger charge is 2.33. The van der Waals surface area contributed by atoms with Gasteiger partial charge in [0.1, 0.15) is 11.6 Å². The quantitative estimate of drug-likeness (QED) is 0.689. The van der Waals surface area contributed by atoms with Crippen LogP contribution in [0.3, 0.4) is 0 Å². The summed E-state index contributed by atoms with van der Waals surface area (Å²) >= 11 is 4.81. The van der Waals surface area contributed by atoms with Crippen molar-refractivity contribution in [1.29, 1.82) is 5.26 Å². The van der Waals surface area contributed by atoms with E-state index in [0.717, 1.165) is 0 Å². The number of hydrogen-bond acceptors (Lipinski definition) is 3. The number of pyridine rings is 1. The fraction of sp³-hybridized carbons (Fsp3) is 0.143. The maximum absolute atomic E-state index is 11.9. The molecule has 0 saturated carbocycles. The topological polar surface area (TPSA) is 45.9 Å². The lowest BCUT2D eigenvalue weighted by Gasteiger charge is -2.10. The second kappa shape index (κ2) is 4.52. The lowest BCUT2D eigenvalue weighted by Crippen LogP contribution is -2.19. The highest BCUT2D eigenvalue weighted by molar-refractivity contribution is 14.1. The van der Waals surface area contributed by atoms with E-state index in [1.807, 2.05) is 22.6 Å². The molecule has 1 aromatic heterocycles. The predicted octanol–water partition coefficient (Wildman–Crippen LogP) is 3.22. The zero-order chi connectivity index (χ0) is 11.6. The number of rotatable bonds is 1. The van der Waals surface area contributed by atoms with Crippen molar-refractivity contribution in [3.8, 4) is 11.9 Å². The molecule has 15 heavy (non-hydrogen) atoms. The van der Waals surface area contributed by atoms with Gasteiger partial charge in [-0.15, -0.1) is 13.2 Å². The minimum Gasteiger partial charge on any atom is -0.386 e. The first-order valence-corrected chi connectivity index (χ1v) is 5.22. The monoisotopic (exact) mass is 392 g/mol. The zero-order valence-electron chi connectivity index (χ0n) is 6.77. The summed E-state index contributed by atoms with van der Waals surface area (Å²) in [7, 11) is 0. The molecule has 1 aromatic rings. The second-order valence-electron chi connectivity index (χ2n) is 2.26. The molecular weight excluding hydrogens is 392 g/mol. The molecule has 3 nitrogen and oxygen atoms in total. The molecule has 0 aliphatic carbocycles. The lowest BCUT2D eigenvalue weighted by molar-refractivity contribution is -0.276. The van der Waals surface area contributed by atoms with E-state index in [1.165, 1.54) is 6.20 Å². The first-order valence-electron chi connectivity index (χ1n) is 3.35. The number of ether oxygens (including phenoxy) is 1. The summed E-state index contributed by atoms with van der Waals surface area (Å²) in [6.45, 7) is 0. The van der Waals surface area contributed by atoms with Crippen LogP contribution in [0.5, 0.6) is 5.88 Å². The molecule has 0 bridgehead atoms. The van der Waals surface area contributed by atoms with Crippen LogP contribution in [0.1, 0.15) is 5.56 Å². The standard InChI is InChI=1S/C7HBrF3IN2O/c8-5-3(1-13)6(14-2-4(5)12)15-7(9,10)11/h2H. The summed E-state index contributed by atoms with van der Waals surface area (Å²) in [5, 5.41) is 8.65. The Morgan fingerprint density at radius 2 is 2.13 bits per heavy atom. The van der Waals surface area contributed by atoms with Crippen molar-refractivity contribution in [3.05, 3.63) is 19.8 Å². The van der Waals surface area contributed by atoms with Gasteiger partial charge in [-0.05, 0) is 38.5 Å². The first kappa shape index (κ1) is 12.5. The molecule has 0 unspecified atom stereocenters. The van der Waals surface area contributed by atoms with Crippen molar-refractivity contribution >= 4 is 38.5 Å². The predicted molar refractivity (Wildman–Crippen MR) is 56.1 cm³/mol. The van der Waals surface area contributed by atoms with E-state index in [1.54, 1.807) is 6.07 Å². The Morgan fingerprint density at radius 1 is 1.53 bits per heavy atom. The third-order valence-electron chi connectivity index (χ3n) is 1.26. The van der Waals surface area contributed by atoms with Crippen molar-refractivity contribution in [2.24, 2.45) is 0 Å². The van der Waals surface area contributed by atoms with Crippen LogP contribution in [0.2, 0.25) is 0 Å². The third-order valence-corrected chi connectivity index (χ3v) is 3.65. The van der Waals surface area contributed by atoms with Gasteiger partial charge in [0.05, 0.1) is 4.47 Å². The van der Waals surface area contributed by atoms with Gasteiger partial charge in [-0.25, -0.2) is 4.98 Å². The third kappa shape index (κ3) is 3.20. The van der Waals surface area contributed by atoms with Crippen molar-refractivity contribution in [1.82, 2.24) is 4.98 Å². The molecule has 0 spiro atoms. The van der Waals surface area contributed by atoms with E-state index in [4.69, 9.17) is 5.26 Å². The normalized spacial score (nSPS) is 10.9. The Hall–Kier alpha value is -0.560. The zero-order valence-corrected chi connectivity index (χ0v) is 10.5. The van der Waals surface area contributed by atoms with Gasteiger partial charge >= 0.3 is 6.36 Å². The van der Waals surface area contributed by atoms with Crippen LogP contribution < -0.4 is 4.74 Å². The molecule has 1 heterocycles. The average molecular weight is 393 g/mol. The van der Waals surface area contributed by atoms with Crippen LogP contribution in [0, 0.1) is 14.9 Å². The van der Waals surface area contributed by atoms with E-state index in [9.17, 15) is 13.2 Å². The van der Waals surface area contributed by atoms with Crippen LogP contribution >= 0.6 is 38.5 Å². The first-order chi connectivity index (χ1) is 6.85. The number of aromatic nitrogens is 1. The van der Waals surface area contributed by atoms with Gasteiger partial charge in [0, 0.05) is 9.77 Å². The van der Waals surface area contributed by atoms with Crippen molar-refractivity contribution in [3.63, 3.8) is 0 Å². The maximum atomic E-state index is 11.9. The number of alkyl halides is 3. The maximum Gasteiger partial charge on any atom is 0.574 e. The van der Waals surface area contributed by atoms with Crippen LogP contribution in [0.15, 0.2) is 10.7 Å². The fourth-order valence-corrected chi connectivity index (χ4v) is 1.50. The Labute approximate surface area is 105 Å². The van der Waals surface area contributed by atoms with Crippen LogP contribution in [0.25, 0.3) is 0 Å². The Morgan fingerprint density at radius 3 is 2.60 bits per heavy atom. The van der Waals surface area contributed by atoms with Gasteiger partial charge < -0.3 is 4.74 Å². The van der Waals surface area contributed by atoms with Crippen molar-refractivity contribution < 1.29 is 17.9 Å². The molecular formula is C7HBrF3IN2O. The number of nitrogens with zero attached hydrogens (tertiary/aromatic N) is 2. The van der Waals surface area contributed by atoms with E-state index in [2.05, 4.69) is 25.7 Å². The summed E-state index contributed by atoms with van der Waals surface area (Å²) < 4.78 is 40.1. The van der Waals surface area contributed by atoms with Gasteiger partial charge in [-0.2, -0.15) is 5.26 Å². The number of hydrogen-bond donors (Lipinski definition) is 0. The lowest BCUT2D eigenvalue weighted by atomic mass is 10.3. The van der Waals surface area contributed by atoms with Crippen LogP contribution in [0.4, 0.5) is 13.2 Å². The minimum absolute atomic E-state index is 0.236. The fourth-order valence-electron chi connectivity index (χ4n) is 0.734. The SMILES string of the molecule is N#Cc1c(OC(F)(F)F)ncc(I)c1Br. The molecule has 0 fully saturated rings. The summed E-state index contributed by atoms with van der Waals surface area (Å²) in [5.74, 6) is -0.753. The summed E-state index contributed by atoms with van der Waals surface area (Å²) in [6.07, 6.45) is -3.68. The molecule has 0 radical (unpaired) electrons. The Bertz CT molecular complexity index is 429. The molecule has 0 aromatic carbocycles. The molecule has 0 aliphatic heterocycles. The van der Waals surface area contributed by atoms with Crippen LogP contribution in [-0.2, 0) is 0 Å². The number of nitriles is 1. The Balaban J connectivity index is 3.21. The molecule has 0 atom stereocenters. The van der Waals surface area contributed by atoms with E-state index >= 15 is 0 Å². The Kier molecular flexibility index (Phi) is 3.77. The molecule has 0 aliphatic rings. The molecule has 8 heteroatoms. The molecule has 0 amide bonds. The summed E-state index contributed by atoms with van der Waals surface area (Å²) in [6, 6.07) is 1.59. The minimum atomic E-state index is -4.86. The van der Waals surface area contributed by atoms with Crippen LogP contribution in [-0.4, -0.2) is 11.3 Å². The van der Waals surface area contributed by atoms with Crippen molar-refractivity contribution in [2.45, 2.75) is 6.36 Å². The van der Waals surface area contributed by atoms with E-state index in [-0.39, 0.29) is 10.0 Å². The summed E-state index contributed by atoms with van der Waals surface area (Å²) in [4.78, 5) is 3.39. The van der Waals surface area contributed by atoms with E-state index < -0.39 is 12.2 Å². The van der Waals surface area contributed by atoms with Gasteiger partial charge in [-0.3, -0.25) is 0 Å².